The van der Waals surface area contributed by atoms with Gasteiger partial charge in [-0.3, -0.25) is 4.79 Å². The van der Waals surface area contributed by atoms with Crippen LogP contribution in [0.4, 0.5) is 0 Å². The Balaban J connectivity index is 1.96. The number of aliphatic hydroxyl groups excluding tert-OH is 1. The van der Waals surface area contributed by atoms with Gasteiger partial charge in [0.05, 0.1) is 18.2 Å². The molecule has 1 aromatic carbocycles. The molecule has 1 atom stereocenters. The van der Waals surface area contributed by atoms with Gasteiger partial charge in [0, 0.05) is 12.1 Å². The highest BCUT2D eigenvalue weighted by Crippen LogP contribution is 2.23. The Morgan fingerprint density at radius 3 is 2.62 bits per heavy atom. The van der Waals surface area contributed by atoms with Crippen LogP contribution in [0.1, 0.15) is 38.6 Å². The zero-order valence-corrected chi connectivity index (χ0v) is 14.8. The van der Waals surface area contributed by atoms with Gasteiger partial charge in [-0.2, -0.15) is 0 Å². The minimum Gasteiger partial charge on any atom is -0.441 e. The molecular formula is C19H26N2O3. The normalized spacial score (nSPS) is 12.9. The second-order valence-corrected chi connectivity index (χ2v) is 7.06. The molecule has 2 rings (SSSR count). The highest BCUT2D eigenvalue weighted by atomic mass is 16.4. The number of nitrogens with zero attached hydrogens (tertiary/aromatic N) is 1. The first-order valence-corrected chi connectivity index (χ1v) is 8.23. The summed E-state index contributed by atoms with van der Waals surface area (Å²) >= 11 is 0. The number of carbonyl (C=O) groups is 1. The number of nitrogens with one attached hydrogen (secondary N) is 1. The number of aliphatic hydroxyl groups is 1. The summed E-state index contributed by atoms with van der Waals surface area (Å²) in [6.07, 6.45) is 0.435. The molecule has 0 saturated heterocycles. The van der Waals surface area contributed by atoms with Gasteiger partial charge in [0.2, 0.25) is 11.8 Å². The van der Waals surface area contributed by atoms with Crippen molar-refractivity contribution in [3.8, 4) is 11.5 Å². The fourth-order valence-electron chi connectivity index (χ4n) is 2.72. The highest BCUT2D eigenvalue weighted by molar-refractivity contribution is 5.78. The lowest BCUT2D eigenvalue weighted by Crippen LogP contribution is -2.36. The van der Waals surface area contributed by atoms with E-state index in [0.29, 0.717) is 30.3 Å². The van der Waals surface area contributed by atoms with Crippen molar-refractivity contribution in [2.45, 2.75) is 46.6 Å². The summed E-state index contributed by atoms with van der Waals surface area (Å²) in [7, 11) is 0. The van der Waals surface area contributed by atoms with Gasteiger partial charge in [0.25, 0.3) is 0 Å². The molecule has 2 aromatic rings. The highest BCUT2D eigenvalue weighted by Gasteiger charge is 2.22. The van der Waals surface area contributed by atoms with E-state index >= 15 is 0 Å². The molecule has 0 aliphatic heterocycles. The SMILES string of the molecule is Cc1oc(-c2ccccc2)nc1CC(=O)NCC(C)(C)CC(C)O. The summed E-state index contributed by atoms with van der Waals surface area (Å²) in [5.41, 5.74) is 1.39. The third-order valence-electron chi connectivity index (χ3n) is 3.85. The van der Waals surface area contributed by atoms with Crippen molar-refractivity contribution in [1.29, 1.82) is 0 Å². The van der Waals surface area contributed by atoms with Crippen molar-refractivity contribution in [2.24, 2.45) is 5.41 Å². The molecule has 0 radical (unpaired) electrons. The Morgan fingerprint density at radius 1 is 1.33 bits per heavy atom. The maximum Gasteiger partial charge on any atom is 0.226 e. The molecule has 0 aliphatic rings. The number of oxazole rings is 1. The summed E-state index contributed by atoms with van der Waals surface area (Å²) in [4.78, 5) is 16.6. The molecule has 5 nitrogen and oxygen atoms in total. The lowest BCUT2D eigenvalue weighted by Gasteiger charge is -2.26. The smallest absolute Gasteiger partial charge is 0.226 e. The van der Waals surface area contributed by atoms with E-state index in [9.17, 15) is 9.90 Å². The van der Waals surface area contributed by atoms with Crippen LogP contribution in [0.15, 0.2) is 34.7 Å². The van der Waals surface area contributed by atoms with Gasteiger partial charge in [0.1, 0.15) is 5.76 Å². The number of hydrogen-bond donors (Lipinski definition) is 2. The molecule has 1 amide bonds. The third kappa shape index (κ3) is 5.20. The number of amides is 1. The van der Waals surface area contributed by atoms with Crippen molar-refractivity contribution >= 4 is 5.91 Å². The second kappa shape index (κ2) is 7.62. The number of benzene rings is 1. The Bertz CT molecular complexity index is 675. The Morgan fingerprint density at radius 2 is 2.00 bits per heavy atom. The molecule has 130 valence electrons. The van der Waals surface area contributed by atoms with E-state index < -0.39 is 0 Å². The molecule has 0 saturated carbocycles. The maximum atomic E-state index is 12.2. The average molecular weight is 330 g/mol. The molecule has 1 aromatic heterocycles. The molecule has 2 N–H and O–H groups in total. The van der Waals surface area contributed by atoms with Gasteiger partial charge in [-0.1, -0.05) is 32.0 Å². The van der Waals surface area contributed by atoms with Crippen molar-refractivity contribution in [3.63, 3.8) is 0 Å². The van der Waals surface area contributed by atoms with Crippen LogP contribution in [-0.4, -0.2) is 28.6 Å². The van der Waals surface area contributed by atoms with Crippen molar-refractivity contribution < 1.29 is 14.3 Å². The van der Waals surface area contributed by atoms with Crippen LogP contribution in [0.3, 0.4) is 0 Å². The number of aryl methyl sites for hydroxylation is 1. The molecule has 0 fully saturated rings. The van der Waals surface area contributed by atoms with Gasteiger partial charge in [-0.05, 0) is 37.8 Å². The second-order valence-electron chi connectivity index (χ2n) is 7.06. The van der Waals surface area contributed by atoms with E-state index in [2.05, 4.69) is 10.3 Å². The van der Waals surface area contributed by atoms with Gasteiger partial charge in [0.15, 0.2) is 0 Å². The molecule has 24 heavy (non-hydrogen) atoms. The number of carbonyl (C=O) groups excluding carboxylic acids is 1. The molecule has 0 spiro atoms. The lowest BCUT2D eigenvalue weighted by molar-refractivity contribution is -0.121. The lowest BCUT2D eigenvalue weighted by atomic mass is 9.87. The van der Waals surface area contributed by atoms with Crippen molar-refractivity contribution in [3.05, 3.63) is 41.8 Å². The van der Waals surface area contributed by atoms with E-state index in [0.717, 1.165) is 5.56 Å². The minimum atomic E-state index is -0.386. The summed E-state index contributed by atoms with van der Waals surface area (Å²) in [5.74, 6) is 1.10. The maximum absolute atomic E-state index is 12.2. The Hall–Kier alpha value is -2.14. The van der Waals surface area contributed by atoms with E-state index in [1.54, 1.807) is 6.92 Å². The molecule has 5 heteroatoms. The molecule has 0 aliphatic carbocycles. The zero-order valence-electron chi connectivity index (χ0n) is 14.8. The van der Waals surface area contributed by atoms with E-state index in [4.69, 9.17) is 4.42 Å². The van der Waals surface area contributed by atoms with Crippen LogP contribution in [0.2, 0.25) is 0 Å². The van der Waals surface area contributed by atoms with Gasteiger partial charge < -0.3 is 14.8 Å². The van der Waals surface area contributed by atoms with Gasteiger partial charge >= 0.3 is 0 Å². The predicted molar refractivity (Wildman–Crippen MR) is 93.5 cm³/mol. The van der Waals surface area contributed by atoms with Crippen LogP contribution in [-0.2, 0) is 11.2 Å². The summed E-state index contributed by atoms with van der Waals surface area (Å²) in [6, 6.07) is 9.63. The first-order chi connectivity index (χ1) is 11.3. The first-order valence-electron chi connectivity index (χ1n) is 8.23. The summed E-state index contributed by atoms with van der Waals surface area (Å²) in [6.45, 7) is 8.13. The van der Waals surface area contributed by atoms with Crippen LogP contribution < -0.4 is 5.32 Å². The topological polar surface area (TPSA) is 75.4 Å². The molecule has 1 heterocycles. The standard InChI is InChI=1S/C19H26N2O3/c1-13(22)11-19(3,4)12-20-17(23)10-16-14(2)24-18(21-16)15-8-6-5-7-9-15/h5-9,13,22H,10-12H2,1-4H3,(H,20,23). The first kappa shape index (κ1) is 18.2. The summed E-state index contributed by atoms with van der Waals surface area (Å²) < 4.78 is 5.68. The molecular weight excluding hydrogens is 304 g/mol. The van der Waals surface area contributed by atoms with E-state index in [-0.39, 0.29) is 23.8 Å². The van der Waals surface area contributed by atoms with Crippen LogP contribution in [0, 0.1) is 12.3 Å². The van der Waals surface area contributed by atoms with Crippen molar-refractivity contribution in [2.75, 3.05) is 6.54 Å². The van der Waals surface area contributed by atoms with E-state index in [1.807, 2.05) is 51.1 Å². The van der Waals surface area contributed by atoms with Gasteiger partial charge in [-0.25, -0.2) is 4.98 Å². The average Bonchev–Trinajstić information content (AvgIpc) is 2.86. The Labute approximate surface area is 143 Å². The Kier molecular flexibility index (Phi) is 5.78. The fraction of sp³-hybridized carbons (Fsp3) is 0.474. The van der Waals surface area contributed by atoms with E-state index in [1.165, 1.54) is 0 Å². The third-order valence-corrected chi connectivity index (χ3v) is 3.85. The van der Waals surface area contributed by atoms with Gasteiger partial charge in [-0.15, -0.1) is 0 Å². The fourth-order valence-corrected chi connectivity index (χ4v) is 2.72. The quantitative estimate of drug-likeness (QED) is 0.818. The number of hydrogen-bond acceptors (Lipinski definition) is 4. The zero-order chi connectivity index (χ0) is 17.7. The van der Waals surface area contributed by atoms with Crippen molar-refractivity contribution in [1.82, 2.24) is 10.3 Å². The summed E-state index contributed by atoms with van der Waals surface area (Å²) in [5, 5.41) is 12.4. The van der Waals surface area contributed by atoms with Crippen LogP contribution in [0.5, 0.6) is 0 Å². The number of aromatic nitrogens is 1. The minimum absolute atomic E-state index is 0.0929. The van der Waals surface area contributed by atoms with Crippen LogP contribution in [0.25, 0.3) is 11.5 Å². The monoisotopic (exact) mass is 330 g/mol. The van der Waals surface area contributed by atoms with Crippen LogP contribution >= 0.6 is 0 Å². The number of rotatable bonds is 7. The molecule has 1 unspecified atom stereocenters. The predicted octanol–water partition coefficient (Wildman–Crippen LogP) is 3.11. The molecule has 0 bridgehead atoms. The largest absolute Gasteiger partial charge is 0.441 e.